The molecule has 0 aliphatic heterocycles. The maximum Gasteiger partial charge on any atom is 0.244 e. The standard InChI is InChI=1S/C11H18ClN3O2S/c1-5-13-11-10(12)6-9(7-14-11)18(16,17)15(4)8(2)3/h6-8H,5H2,1-4H3,(H,13,14). The average Bonchev–Trinajstić information content (AvgIpc) is 2.30. The Morgan fingerprint density at radius 1 is 1.50 bits per heavy atom. The van der Waals surface area contributed by atoms with Crippen molar-refractivity contribution < 1.29 is 8.42 Å². The van der Waals surface area contributed by atoms with Crippen molar-refractivity contribution in [3.8, 4) is 0 Å². The van der Waals surface area contributed by atoms with E-state index in [1.807, 2.05) is 6.92 Å². The summed E-state index contributed by atoms with van der Waals surface area (Å²) in [5, 5.41) is 3.26. The third-order valence-corrected chi connectivity index (χ3v) is 4.85. The molecule has 0 spiro atoms. The number of hydrogen-bond acceptors (Lipinski definition) is 4. The number of pyridine rings is 1. The number of halogens is 1. The third-order valence-electron chi connectivity index (χ3n) is 2.56. The fraction of sp³-hybridized carbons (Fsp3) is 0.545. The molecule has 1 aromatic heterocycles. The van der Waals surface area contributed by atoms with E-state index in [1.165, 1.54) is 23.6 Å². The van der Waals surface area contributed by atoms with Crippen LogP contribution in [0, 0.1) is 0 Å². The lowest BCUT2D eigenvalue weighted by Crippen LogP contribution is -2.33. The Hall–Kier alpha value is -0.850. The fourth-order valence-corrected chi connectivity index (χ4v) is 2.94. The van der Waals surface area contributed by atoms with Crippen molar-refractivity contribution in [3.63, 3.8) is 0 Å². The summed E-state index contributed by atoms with van der Waals surface area (Å²) in [7, 11) is -2.00. The molecule has 0 atom stereocenters. The Kier molecular flexibility index (Phi) is 4.95. The van der Waals surface area contributed by atoms with Crippen molar-refractivity contribution in [1.82, 2.24) is 9.29 Å². The van der Waals surface area contributed by atoms with Crippen LogP contribution >= 0.6 is 11.6 Å². The molecule has 102 valence electrons. The second-order valence-corrected chi connectivity index (χ2v) is 6.55. The molecule has 0 unspecified atom stereocenters. The molecule has 1 aromatic rings. The number of nitrogens with zero attached hydrogens (tertiary/aromatic N) is 2. The van der Waals surface area contributed by atoms with Crippen molar-refractivity contribution >= 4 is 27.4 Å². The van der Waals surface area contributed by atoms with Gasteiger partial charge < -0.3 is 5.32 Å². The van der Waals surface area contributed by atoms with Crippen LogP contribution in [0.15, 0.2) is 17.2 Å². The molecule has 1 heterocycles. The highest BCUT2D eigenvalue weighted by Gasteiger charge is 2.24. The zero-order chi connectivity index (χ0) is 13.9. The van der Waals surface area contributed by atoms with Crippen molar-refractivity contribution in [2.75, 3.05) is 18.9 Å². The van der Waals surface area contributed by atoms with Gasteiger partial charge in [0.2, 0.25) is 10.0 Å². The average molecular weight is 292 g/mol. The summed E-state index contributed by atoms with van der Waals surface area (Å²) in [6.45, 7) is 6.19. The maximum atomic E-state index is 12.2. The number of sulfonamides is 1. The molecule has 7 heteroatoms. The minimum atomic E-state index is -3.53. The van der Waals surface area contributed by atoms with Crippen molar-refractivity contribution in [2.24, 2.45) is 0 Å². The van der Waals surface area contributed by atoms with Gasteiger partial charge in [-0.25, -0.2) is 13.4 Å². The molecule has 5 nitrogen and oxygen atoms in total. The highest BCUT2D eigenvalue weighted by atomic mass is 35.5. The van der Waals surface area contributed by atoms with Crippen LogP contribution in [0.2, 0.25) is 5.02 Å². The van der Waals surface area contributed by atoms with Gasteiger partial charge in [-0.2, -0.15) is 4.31 Å². The molecule has 0 fully saturated rings. The molecule has 1 N–H and O–H groups in total. The van der Waals surface area contributed by atoms with E-state index in [0.29, 0.717) is 17.4 Å². The summed E-state index contributed by atoms with van der Waals surface area (Å²) in [4.78, 5) is 4.13. The summed E-state index contributed by atoms with van der Waals surface area (Å²) >= 11 is 5.99. The number of anilines is 1. The Morgan fingerprint density at radius 2 is 2.11 bits per heavy atom. The largest absolute Gasteiger partial charge is 0.369 e. The lowest BCUT2D eigenvalue weighted by atomic mass is 10.4. The molecule has 0 amide bonds. The van der Waals surface area contributed by atoms with Crippen molar-refractivity contribution in [3.05, 3.63) is 17.3 Å². The molecular formula is C11H18ClN3O2S. The molecule has 0 aliphatic carbocycles. The predicted octanol–water partition coefficient (Wildman–Crippen LogP) is 2.20. The first-order valence-corrected chi connectivity index (χ1v) is 7.50. The first-order chi connectivity index (χ1) is 8.30. The van der Waals surface area contributed by atoms with Crippen LogP contribution in [0.1, 0.15) is 20.8 Å². The monoisotopic (exact) mass is 291 g/mol. The topological polar surface area (TPSA) is 62.3 Å². The highest BCUT2D eigenvalue weighted by molar-refractivity contribution is 7.89. The fourth-order valence-electron chi connectivity index (χ4n) is 1.30. The van der Waals surface area contributed by atoms with E-state index < -0.39 is 10.0 Å². The third kappa shape index (κ3) is 3.13. The Morgan fingerprint density at radius 3 is 2.56 bits per heavy atom. The minimum absolute atomic E-state index is 0.102. The van der Waals surface area contributed by atoms with Gasteiger partial charge in [-0.1, -0.05) is 11.6 Å². The van der Waals surface area contributed by atoms with Crippen LogP contribution in [-0.2, 0) is 10.0 Å². The van der Waals surface area contributed by atoms with Gasteiger partial charge in [-0.05, 0) is 26.8 Å². The van der Waals surface area contributed by atoms with Gasteiger partial charge in [0.1, 0.15) is 10.7 Å². The van der Waals surface area contributed by atoms with E-state index in [9.17, 15) is 8.42 Å². The highest BCUT2D eigenvalue weighted by Crippen LogP contribution is 2.24. The predicted molar refractivity (Wildman–Crippen MR) is 73.5 cm³/mol. The summed E-state index contributed by atoms with van der Waals surface area (Å²) in [5.41, 5.74) is 0. The molecule has 1 rings (SSSR count). The second kappa shape index (κ2) is 5.86. The Labute approximate surface area is 113 Å². The van der Waals surface area contributed by atoms with Crippen molar-refractivity contribution in [2.45, 2.75) is 31.7 Å². The molecule has 0 radical (unpaired) electrons. The molecule has 0 bridgehead atoms. The molecular weight excluding hydrogens is 274 g/mol. The van der Waals surface area contributed by atoms with Crippen LogP contribution in [0.25, 0.3) is 0 Å². The van der Waals surface area contributed by atoms with Crippen LogP contribution in [0.5, 0.6) is 0 Å². The SMILES string of the molecule is CCNc1ncc(S(=O)(=O)N(C)C(C)C)cc1Cl. The molecule has 0 saturated heterocycles. The van der Waals surface area contributed by atoms with Gasteiger partial charge in [-0.15, -0.1) is 0 Å². The molecule has 0 aliphatic rings. The minimum Gasteiger partial charge on any atom is -0.369 e. The van der Waals surface area contributed by atoms with Crippen molar-refractivity contribution in [1.29, 1.82) is 0 Å². The van der Waals surface area contributed by atoms with Gasteiger partial charge >= 0.3 is 0 Å². The second-order valence-electron chi connectivity index (χ2n) is 4.15. The first kappa shape index (κ1) is 15.2. The van der Waals surface area contributed by atoms with Gasteiger partial charge in [0.15, 0.2) is 0 Å². The van der Waals surface area contributed by atoms with E-state index in [1.54, 1.807) is 13.8 Å². The van der Waals surface area contributed by atoms with Crippen LogP contribution in [-0.4, -0.2) is 37.3 Å². The Bertz CT molecular complexity index is 517. The zero-order valence-corrected chi connectivity index (χ0v) is 12.5. The van der Waals surface area contributed by atoms with Crippen LogP contribution in [0.4, 0.5) is 5.82 Å². The van der Waals surface area contributed by atoms with Crippen LogP contribution < -0.4 is 5.32 Å². The smallest absolute Gasteiger partial charge is 0.244 e. The van der Waals surface area contributed by atoms with Crippen LogP contribution in [0.3, 0.4) is 0 Å². The zero-order valence-electron chi connectivity index (χ0n) is 10.9. The van der Waals surface area contributed by atoms with E-state index in [-0.39, 0.29) is 10.9 Å². The lowest BCUT2D eigenvalue weighted by molar-refractivity contribution is 0.410. The van der Waals surface area contributed by atoms with E-state index in [0.717, 1.165) is 0 Å². The summed E-state index contributed by atoms with van der Waals surface area (Å²) < 4.78 is 25.7. The Balaban J connectivity index is 3.15. The van der Waals surface area contributed by atoms with Gasteiger partial charge in [0, 0.05) is 25.8 Å². The normalized spacial score (nSPS) is 12.2. The molecule has 18 heavy (non-hydrogen) atoms. The number of aromatic nitrogens is 1. The molecule has 0 aromatic carbocycles. The number of hydrogen-bond donors (Lipinski definition) is 1. The summed E-state index contributed by atoms with van der Waals surface area (Å²) in [5.74, 6) is 0.491. The molecule has 0 saturated carbocycles. The quantitative estimate of drug-likeness (QED) is 0.903. The number of rotatable bonds is 5. The number of nitrogens with one attached hydrogen (secondary N) is 1. The first-order valence-electron chi connectivity index (χ1n) is 5.68. The summed E-state index contributed by atoms with van der Waals surface area (Å²) in [6, 6.07) is 1.29. The summed E-state index contributed by atoms with van der Waals surface area (Å²) in [6.07, 6.45) is 1.32. The lowest BCUT2D eigenvalue weighted by Gasteiger charge is -2.21. The van der Waals surface area contributed by atoms with E-state index in [2.05, 4.69) is 10.3 Å². The van der Waals surface area contributed by atoms with Gasteiger partial charge in [0.25, 0.3) is 0 Å². The van der Waals surface area contributed by atoms with E-state index in [4.69, 9.17) is 11.6 Å². The van der Waals surface area contributed by atoms with Gasteiger partial charge in [-0.3, -0.25) is 0 Å². The maximum absolute atomic E-state index is 12.2. The van der Waals surface area contributed by atoms with Gasteiger partial charge in [0.05, 0.1) is 5.02 Å². The van der Waals surface area contributed by atoms with E-state index >= 15 is 0 Å².